The van der Waals surface area contributed by atoms with Gasteiger partial charge in [-0.25, -0.2) is 0 Å². The maximum Gasteiger partial charge on any atom is 0.251 e. The number of nitrogens with one attached hydrogen (secondary N) is 3. The van der Waals surface area contributed by atoms with Gasteiger partial charge in [0.15, 0.2) is 5.96 Å². The van der Waals surface area contributed by atoms with Gasteiger partial charge in [0.05, 0.1) is 6.10 Å². The molecule has 6 nitrogen and oxygen atoms in total. The second kappa shape index (κ2) is 11.5. The largest absolute Gasteiger partial charge is 0.378 e. The first-order chi connectivity index (χ1) is 12.7. The van der Waals surface area contributed by atoms with Crippen LogP contribution < -0.4 is 16.0 Å². The zero-order valence-corrected chi connectivity index (χ0v) is 16.0. The van der Waals surface area contributed by atoms with E-state index in [4.69, 9.17) is 4.74 Å². The van der Waals surface area contributed by atoms with Gasteiger partial charge in [0.25, 0.3) is 5.91 Å². The fraction of sp³-hybridized carbons (Fsp3) is 0.600. The Balaban J connectivity index is 1.62. The number of aliphatic imine (C=N–C) groups is 1. The fourth-order valence-corrected chi connectivity index (χ4v) is 3.09. The third kappa shape index (κ3) is 7.04. The molecule has 1 saturated carbocycles. The fourth-order valence-electron chi connectivity index (χ4n) is 3.09. The van der Waals surface area contributed by atoms with Gasteiger partial charge in [-0.2, -0.15) is 0 Å². The van der Waals surface area contributed by atoms with Crippen molar-refractivity contribution in [3.8, 4) is 0 Å². The lowest BCUT2D eigenvalue weighted by atomic mass is 9.98. The van der Waals surface area contributed by atoms with E-state index in [9.17, 15) is 4.79 Å². The van der Waals surface area contributed by atoms with Crippen molar-refractivity contribution in [2.45, 2.75) is 51.2 Å². The second-order valence-corrected chi connectivity index (χ2v) is 6.61. The molecule has 26 heavy (non-hydrogen) atoms. The Morgan fingerprint density at radius 2 is 1.88 bits per heavy atom. The van der Waals surface area contributed by atoms with Gasteiger partial charge in [0.1, 0.15) is 0 Å². The molecule has 0 heterocycles. The predicted octanol–water partition coefficient (Wildman–Crippen LogP) is 2.45. The third-order valence-corrected chi connectivity index (χ3v) is 4.65. The Hall–Kier alpha value is -2.08. The molecular formula is C20H32N4O2. The van der Waals surface area contributed by atoms with Crippen molar-refractivity contribution >= 4 is 11.9 Å². The van der Waals surface area contributed by atoms with Crippen molar-refractivity contribution in [1.29, 1.82) is 0 Å². The molecule has 6 heteroatoms. The van der Waals surface area contributed by atoms with Crippen molar-refractivity contribution in [1.82, 2.24) is 16.0 Å². The summed E-state index contributed by atoms with van der Waals surface area (Å²) < 4.78 is 5.93. The zero-order valence-electron chi connectivity index (χ0n) is 16.0. The molecule has 0 atom stereocenters. The number of nitrogens with zero attached hydrogens (tertiary/aromatic N) is 1. The van der Waals surface area contributed by atoms with E-state index in [0.717, 1.165) is 31.1 Å². The standard InChI is InChI=1S/C20H32N4O2/c1-21-19(25)17-11-9-16(10-12-17)15-24-20(22-2)23-13-6-14-26-18-7-4-3-5-8-18/h9-12,18H,3-8,13-15H2,1-2H3,(H,21,25)(H2,22,23,24). The number of carbonyl (C=O) groups is 1. The lowest BCUT2D eigenvalue weighted by Crippen LogP contribution is -2.37. The highest BCUT2D eigenvalue weighted by Crippen LogP contribution is 2.20. The first kappa shape index (κ1) is 20.2. The highest BCUT2D eigenvalue weighted by Gasteiger charge is 2.13. The summed E-state index contributed by atoms with van der Waals surface area (Å²) in [5.41, 5.74) is 1.76. The summed E-state index contributed by atoms with van der Waals surface area (Å²) >= 11 is 0. The molecule has 0 bridgehead atoms. The number of benzene rings is 1. The highest BCUT2D eigenvalue weighted by atomic mass is 16.5. The van der Waals surface area contributed by atoms with Gasteiger partial charge in [-0.15, -0.1) is 0 Å². The van der Waals surface area contributed by atoms with Gasteiger partial charge in [0.2, 0.25) is 0 Å². The van der Waals surface area contributed by atoms with Crippen LogP contribution in [0.15, 0.2) is 29.3 Å². The van der Waals surface area contributed by atoms with E-state index in [1.54, 1.807) is 14.1 Å². The van der Waals surface area contributed by atoms with Crippen LogP contribution in [0.1, 0.15) is 54.4 Å². The molecule has 0 spiro atoms. The Morgan fingerprint density at radius 3 is 2.54 bits per heavy atom. The molecule has 2 rings (SSSR count). The van der Waals surface area contributed by atoms with Crippen LogP contribution in [0.5, 0.6) is 0 Å². The predicted molar refractivity (Wildman–Crippen MR) is 105 cm³/mol. The van der Waals surface area contributed by atoms with Crippen LogP contribution in [0.2, 0.25) is 0 Å². The van der Waals surface area contributed by atoms with Crippen LogP contribution >= 0.6 is 0 Å². The first-order valence-electron chi connectivity index (χ1n) is 9.60. The Kier molecular flexibility index (Phi) is 8.96. The quantitative estimate of drug-likeness (QED) is 0.378. The summed E-state index contributed by atoms with van der Waals surface area (Å²) in [5.74, 6) is 0.704. The Morgan fingerprint density at radius 1 is 1.15 bits per heavy atom. The number of hydrogen-bond donors (Lipinski definition) is 3. The van der Waals surface area contributed by atoms with Gasteiger partial charge in [-0.3, -0.25) is 9.79 Å². The molecule has 1 fully saturated rings. The molecule has 1 aromatic rings. The summed E-state index contributed by atoms with van der Waals surface area (Å²) in [6.45, 7) is 2.30. The van der Waals surface area contributed by atoms with Crippen LogP contribution in [0.25, 0.3) is 0 Å². The van der Waals surface area contributed by atoms with Gasteiger partial charge in [0, 0.05) is 39.4 Å². The number of ether oxygens (including phenoxy) is 1. The zero-order chi connectivity index (χ0) is 18.6. The Bertz CT molecular complexity index is 566. The summed E-state index contributed by atoms with van der Waals surface area (Å²) in [7, 11) is 3.40. The Labute approximate surface area is 156 Å². The van der Waals surface area contributed by atoms with E-state index in [1.807, 2.05) is 24.3 Å². The van der Waals surface area contributed by atoms with Crippen LogP contribution in [0.4, 0.5) is 0 Å². The number of rotatable bonds is 8. The van der Waals surface area contributed by atoms with Gasteiger partial charge in [-0.1, -0.05) is 31.4 Å². The number of carbonyl (C=O) groups excluding carboxylic acids is 1. The van der Waals surface area contributed by atoms with Crippen molar-refractivity contribution in [2.75, 3.05) is 27.2 Å². The molecule has 3 N–H and O–H groups in total. The molecule has 0 aromatic heterocycles. The normalized spacial score (nSPS) is 15.5. The summed E-state index contributed by atoms with van der Waals surface area (Å²) in [6.07, 6.45) is 7.85. The number of amides is 1. The molecule has 1 aliphatic rings. The van der Waals surface area contributed by atoms with Crippen LogP contribution in [0.3, 0.4) is 0 Å². The van der Waals surface area contributed by atoms with Crippen molar-refractivity contribution in [3.63, 3.8) is 0 Å². The van der Waals surface area contributed by atoms with E-state index in [0.29, 0.717) is 18.2 Å². The van der Waals surface area contributed by atoms with Crippen molar-refractivity contribution < 1.29 is 9.53 Å². The molecule has 144 valence electrons. The molecule has 1 amide bonds. The molecular weight excluding hydrogens is 328 g/mol. The topological polar surface area (TPSA) is 74.8 Å². The van der Waals surface area contributed by atoms with Crippen LogP contribution in [-0.2, 0) is 11.3 Å². The van der Waals surface area contributed by atoms with E-state index in [-0.39, 0.29) is 5.91 Å². The van der Waals surface area contributed by atoms with Crippen molar-refractivity contribution in [2.24, 2.45) is 4.99 Å². The van der Waals surface area contributed by atoms with Crippen LogP contribution in [-0.4, -0.2) is 45.2 Å². The number of guanidine groups is 1. The molecule has 1 aliphatic carbocycles. The molecule has 1 aromatic carbocycles. The van der Waals surface area contributed by atoms with Gasteiger partial charge < -0.3 is 20.7 Å². The third-order valence-electron chi connectivity index (χ3n) is 4.65. The first-order valence-corrected chi connectivity index (χ1v) is 9.60. The average Bonchev–Trinajstić information content (AvgIpc) is 2.70. The van der Waals surface area contributed by atoms with Crippen LogP contribution in [0, 0.1) is 0 Å². The second-order valence-electron chi connectivity index (χ2n) is 6.61. The lowest BCUT2D eigenvalue weighted by molar-refractivity contribution is 0.0277. The van der Waals surface area contributed by atoms with Gasteiger partial charge >= 0.3 is 0 Å². The SMILES string of the molecule is CN=C(NCCCOC1CCCCC1)NCc1ccc(C(=O)NC)cc1. The van der Waals surface area contributed by atoms with Gasteiger partial charge in [-0.05, 0) is 37.0 Å². The minimum absolute atomic E-state index is 0.0718. The maximum absolute atomic E-state index is 11.5. The molecule has 0 aliphatic heterocycles. The molecule has 0 radical (unpaired) electrons. The molecule has 0 saturated heterocycles. The molecule has 0 unspecified atom stereocenters. The van der Waals surface area contributed by atoms with E-state index >= 15 is 0 Å². The lowest BCUT2D eigenvalue weighted by Gasteiger charge is -2.22. The minimum atomic E-state index is -0.0718. The van der Waals surface area contributed by atoms with E-state index in [1.165, 1.54) is 32.1 Å². The maximum atomic E-state index is 11.5. The van der Waals surface area contributed by atoms with E-state index < -0.39 is 0 Å². The summed E-state index contributed by atoms with van der Waals surface area (Å²) in [6, 6.07) is 7.55. The summed E-state index contributed by atoms with van der Waals surface area (Å²) in [5, 5.41) is 9.22. The monoisotopic (exact) mass is 360 g/mol. The average molecular weight is 361 g/mol. The highest BCUT2D eigenvalue weighted by molar-refractivity contribution is 5.93. The van der Waals surface area contributed by atoms with Crippen molar-refractivity contribution in [3.05, 3.63) is 35.4 Å². The summed E-state index contributed by atoms with van der Waals surface area (Å²) in [4.78, 5) is 15.8. The van der Waals surface area contributed by atoms with E-state index in [2.05, 4.69) is 20.9 Å². The smallest absolute Gasteiger partial charge is 0.251 e. The number of hydrogen-bond acceptors (Lipinski definition) is 3. The minimum Gasteiger partial charge on any atom is -0.378 e.